The van der Waals surface area contributed by atoms with E-state index in [0.717, 1.165) is 0 Å². The summed E-state index contributed by atoms with van der Waals surface area (Å²) in [5, 5.41) is 18.2. The Bertz CT molecular complexity index is 510. The molecule has 0 aliphatic heterocycles. The van der Waals surface area contributed by atoms with Gasteiger partial charge in [-0.05, 0) is 12.1 Å². The summed E-state index contributed by atoms with van der Waals surface area (Å²) in [5.41, 5.74) is 0.429. The molecule has 5 heteroatoms. The number of phenols is 1. The molecule has 0 atom stereocenters. The predicted octanol–water partition coefficient (Wildman–Crippen LogP) is 1.03. The van der Waals surface area contributed by atoms with Crippen LogP contribution in [0.1, 0.15) is 10.4 Å². The van der Waals surface area contributed by atoms with E-state index in [1.807, 2.05) is 0 Å². The number of carboxylic acids is 1. The molecule has 0 saturated heterocycles. The highest BCUT2D eigenvalue weighted by molar-refractivity contribution is 6.03. The van der Waals surface area contributed by atoms with E-state index in [0.29, 0.717) is 5.52 Å². The van der Waals surface area contributed by atoms with Gasteiger partial charge in [0, 0.05) is 12.4 Å². The first-order valence-corrected chi connectivity index (χ1v) is 3.86. The standard InChI is InChI=1S/C9H6N2O3/c12-6-2-1-5-8(7(6)9(13)14)11-4-3-10-5/h1-4,12H,(H,13,14). The summed E-state index contributed by atoms with van der Waals surface area (Å²) in [6, 6.07) is 2.81. The maximum absolute atomic E-state index is 10.8. The molecule has 0 spiro atoms. The van der Waals surface area contributed by atoms with Crippen LogP contribution >= 0.6 is 0 Å². The lowest BCUT2D eigenvalue weighted by atomic mass is 10.1. The fourth-order valence-corrected chi connectivity index (χ4v) is 1.24. The van der Waals surface area contributed by atoms with Crippen molar-refractivity contribution in [1.82, 2.24) is 9.97 Å². The number of benzene rings is 1. The number of carboxylic acid groups (broad SMARTS) is 1. The Hall–Kier alpha value is -2.17. The van der Waals surface area contributed by atoms with Crippen LogP contribution in [0.5, 0.6) is 5.75 Å². The Morgan fingerprint density at radius 2 is 1.93 bits per heavy atom. The quantitative estimate of drug-likeness (QED) is 0.701. The summed E-state index contributed by atoms with van der Waals surface area (Å²) in [6.45, 7) is 0. The number of hydrogen-bond acceptors (Lipinski definition) is 4. The molecule has 0 amide bonds. The number of fused-ring (bicyclic) bond motifs is 1. The molecule has 1 aromatic carbocycles. The number of rotatable bonds is 1. The van der Waals surface area contributed by atoms with Crippen molar-refractivity contribution in [2.45, 2.75) is 0 Å². The van der Waals surface area contributed by atoms with Gasteiger partial charge in [0.15, 0.2) is 0 Å². The minimum Gasteiger partial charge on any atom is -0.507 e. The lowest BCUT2D eigenvalue weighted by Crippen LogP contribution is -2.00. The second-order valence-electron chi connectivity index (χ2n) is 2.69. The highest BCUT2D eigenvalue weighted by Crippen LogP contribution is 2.23. The summed E-state index contributed by atoms with van der Waals surface area (Å²) in [7, 11) is 0. The zero-order valence-corrected chi connectivity index (χ0v) is 7.01. The molecule has 2 rings (SSSR count). The number of aromatic nitrogens is 2. The SMILES string of the molecule is O=C(O)c1c(O)ccc2nccnc12. The van der Waals surface area contributed by atoms with E-state index in [4.69, 9.17) is 5.11 Å². The molecule has 0 aliphatic carbocycles. The third kappa shape index (κ3) is 1.15. The lowest BCUT2D eigenvalue weighted by Gasteiger charge is -2.02. The zero-order valence-electron chi connectivity index (χ0n) is 7.01. The molecule has 0 aliphatic rings. The number of aromatic hydroxyl groups is 1. The van der Waals surface area contributed by atoms with Crippen LogP contribution in [0.25, 0.3) is 11.0 Å². The van der Waals surface area contributed by atoms with Gasteiger partial charge in [-0.2, -0.15) is 0 Å². The van der Waals surface area contributed by atoms with Crippen molar-refractivity contribution >= 4 is 17.0 Å². The summed E-state index contributed by atoms with van der Waals surface area (Å²) in [6.07, 6.45) is 2.85. The molecule has 0 radical (unpaired) electrons. The minimum atomic E-state index is -1.21. The van der Waals surface area contributed by atoms with Crippen LogP contribution in [-0.2, 0) is 0 Å². The normalized spacial score (nSPS) is 10.3. The van der Waals surface area contributed by atoms with Gasteiger partial charge in [0.2, 0.25) is 0 Å². The molecule has 0 unspecified atom stereocenters. The van der Waals surface area contributed by atoms with E-state index < -0.39 is 5.97 Å². The van der Waals surface area contributed by atoms with Gasteiger partial charge in [-0.3, -0.25) is 9.97 Å². The fraction of sp³-hybridized carbons (Fsp3) is 0. The van der Waals surface area contributed by atoms with Crippen LogP contribution in [0, 0.1) is 0 Å². The highest BCUT2D eigenvalue weighted by Gasteiger charge is 2.15. The molecule has 2 N–H and O–H groups in total. The van der Waals surface area contributed by atoms with Crippen molar-refractivity contribution in [3.05, 3.63) is 30.1 Å². The average Bonchev–Trinajstić information content (AvgIpc) is 2.17. The van der Waals surface area contributed by atoms with E-state index in [2.05, 4.69) is 9.97 Å². The first kappa shape index (κ1) is 8.43. The van der Waals surface area contributed by atoms with Crippen molar-refractivity contribution in [2.24, 2.45) is 0 Å². The molecule has 0 saturated carbocycles. The van der Waals surface area contributed by atoms with Crippen molar-refractivity contribution in [3.63, 3.8) is 0 Å². The lowest BCUT2D eigenvalue weighted by molar-refractivity contribution is 0.0696. The molecule has 5 nitrogen and oxygen atoms in total. The van der Waals surface area contributed by atoms with Crippen LogP contribution in [0.3, 0.4) is 0 Å². The Kier molecular flexibility index (Phi) is 1.78. The molecule has 1 aromatic heterocycles. The van der Waals surface area contributed by atoms with Crippen molar-refractivity contribution in [2.75, 3.05) is 0 Å². The van der Waals surface area contributed by atoms with Crippen LogP contribution in [-0.4, -0.2) is 26.2 Å². The highest BCUT2D eigenvalue weighted by atomic mass is 16.4. The summed E-state index contributed by atoms with van der Waals surface area (Å²) in [5.74, 6) is -1.51. The van der Waals surface area contributed by atoms with Gasteiger partial charge in [0.1, 0.15) is 16.8 Å². The van der Waals surface area contributed by atoms with Crippen molar-refractivity contribution in [3.8, 4) is 5.75 Å². The van der Waals surface area contributed by atoms with Gasteiger partial charge in [-0.15, -0.1) is 0 Å². The molecule has 14 heavy (non-hydrogen) atoms. The molecule has 0 bridgehead atoms. The van der Waals surface area contributed by atoms with Crippen molar-refractivity contribution in [1.29, 1.82) is 0 Å². The van der Waals surface area contributed by atoms with Crippen LogP contribution < -0.4 is 0 Å². The monoisotopic (exact) mass is 190 g/mol. The molecule has 2 aromatic rings. The maximum atomic E-state index is 10.8. The Morgan fingerprint density at radius 1 is 1.21 bits per heavy atom. The second-order valence-corrected chi connectivity index (χ2v) is 2.69. The van der Waals surface area contributed by atoms with E-state index in [1.165, 1.54) is 24.5 Å². The second kappa shape index (κ2) is 2.95. The Balaban J connectivity index is 2.90. The van der Waals surface area contributed by atoms with Crippen LogP contribution in [0.2, 0.25) is 0 Å². The topological polar surface area (TPSA) is 83.3 Å². The summed E-state index contributed by atoms with van der Waals surface area (Å²) >= 11 is 0. The van der Waals surface area contributed by atoms with Gasteiger partial charge < -0.3 is 10.2 Å². The Labute approximate surface area is 78.7 Å². The largest absolute Gasteiger partial charge is 0.507 e. The van der Waals surface area contributed by atoms with Gasteiger partial charge in [-0.25, -0.2) is 4.79 Å². The van der Waals surface area contributed by atoms with Crippen LogP contribution in [0.15, 0.2) is 24.5 Å². The molecule has 70 valence electrons. The zero-order chi connectivity index (χ0) is 10.1. The van der Waals surface area contributed by atoms with E-state index in [1.54, 1.807) is 0 Å². The average molecular weight is 190 g/mol. The number of hydrogen-bond donors (Lipinski definition) is 2. The number of aromatic carboxylic acids is 1. The van der Waals surface area contributed by atoms with Crippen LogP contribution in [0.4, 0.5) is 0 Å². The smallest absolute Gasteiger partial charge is 0.341 e. The Morgan fingerprint density at radius 3 is 2.64 bits per heavy atom. The van der Waals surface area contributed by atoms with Gasteiger partial charge in [-0.1, -0.05) is 0 Å². The van der Waals surface area contributed by atoms with Gasteiger partial charge in [0.25, 0.3) is 0 Å². The first-order chi connectivity index (χ1) is 6.70. The molecular weight excluding hydrogens is 184 g/mol. The summed E-state index contributed by atoms with van der Waals surface area (Å²) in [4.78, 5) is 18.6. The molecule has 1 heterocycles. The number of nitrogens with zero attached hydrogens (tertiary/aromatic N) is 2. The van der Waals surface area contributed by atoms with Gasteiger partial charge >= 0.3 is 5.97 Å². The van der Waals surface area contributed by atoms with E-state index >= 15 is 0 Å². The van der Waals surface area contributed by atoms with E-state index in [9.17, 15) is 9.90 Å². The van der Waals surface area contributed by atoms with Crippen molar-refractivity contribution < 1.29 is 15.0 Å². The third-order valence-electron chi connectivity index (χ3n) is 1.83. The predicted molar refractivity (Wildman–Crippen MR) is 48.2 cm³/mol. The van der Waals surface area contributed by atoms with Gasteiger partial charge in [0.05, 0.1) is 5.52 Å². The maximum Gasteiger partial charge on any atom is 0.341 e. The van der Waals surface area contributed by atoms with E-state index in [-0.39, 0.29) is 16.8 Å². The molecular formula is C9H6N2O3. The third-order valence-corrected chi connectivity index (χ3v) is 1.83. The molecule has 0 fully saturated rings. The summed E-state index contributed by atoms with van der Waals surface area (Å²) < 4.78 is 0. The first-order valence-electron chi connectivity index (χ1n) is 3.86. The minimum absolute atomic E-state index is 0.194. The fourth-order valence-electron chi connectivity index (χ4n) is 1.24. The number of carbonyl (C=O) groups is 1.